The third-order valence-corrected chi connectivity index (χ3v) is 7.71. The van der Waals surface area contributed by atoms with Crippen LogP contribution in [0.15, 0.2) is 121 Å². The van der Waals surface area contributed by atoms with Gasteiger partial charge in [0, 0.05) is 10.9 Å². The molecule has 1 heterocycles. The lowest BCUT2D eigenvalue weighted by molar-refractivity contribution is 1.26. The summed E-state index contributed by atoms with van der Waals surface area (Å²) >= 11 is 0. The molecule has 0 saturated carbocycles. The highest BCUT2D eigenvalue weighted by atomic mass is 14.7. The van der Waals surface area contributed by atoms with E-state index in [-0.39, 0.29) is 0 Å². The van der Waals surface area contributed by atoms with Crippen LogP contribution in [-0.2, 0) is 6.42 Å². The molecule has 0 atom stereocenters. The molecule has 0 aliphatic rings. The summed E-state index contributed by atoms with van der Waals surface area (Å²) in [6.07, 6.45) is 5.15. The standard InChI is InChI=1S/C37H28N2/c1-24-8-6-9-25(22-24)10-7-11-26-16-17-27-19-21-35(39-37(27)36(26)38)28-18-20-33-31-14-3-2-12-29(31)30-13-4-5-15-32(30)34(33)23-28/h2-9,11-23H,10,38H2,1H3/b11-7-. The van der Waals surface area contributed by atoms with Crippen molar-refractivity contribution in [2.45, 2.75) is 13.3 Å². The predicted molar refractivity (Wildman–Crippen MR) is 168 cm³/mol. The van der Waals surface area contributed by atoms with Crippen molar-refractivity contribution in [2.75, 3.05) is 5.73 Å². The summed E-state index contributed by atoms with van der Waals surface area (Å²) in [5, 5.41) is 8.64. The predicted octanol–water partition coefficient (Wildman–Crippen LogP) is 9.51. The Kier molecular flexibility index (Phi) is 5.60. The molecule has 2 N–H and O–H groups in total. The first-order valence-corrected chi connectivity index (χ1v) is 13.4. The van der Waals surface area contributed by atoms with Gasteiger partial charge in [-0.3, -0.25) is 0 Å². The molecular formula is C37H28N2. The summed E-state index contributed by atoms with van der Waals surface area (Å²) in [6.45, 7) is 2.12. The molecule has 2 nitrogen and oxygen atoms in total. The zero-order valence-electron chi connectivity index (χ0n) is 21.9. The second kappa shape index (κ2) is 9.41. The molecule has 1 aromatic heterocycles. The molecule has 0 aliphatic carbocycles. The van der Waals surface area contributed by atoms with E-state index in [0.29, 0.717) is 5.69 Å². The fraction of sp³-hybridized carbons (Fsp3) is 0.0541. The lowest BCUT2D eigenvalue weighted by Gasteiger charge is -2.12. The third kappa shape index (κ3) is 4.11. The number of nitrogen functional groups attached to an aromatic ring is 1. The highest BCUT2D eigenvalue weighted by Crippen LogP contribution is 2.37. The van der Waals surface area contributed by atoms with Gasteiger partial charge in [-0.05, 0) is 68.9 Å². The van der Waals surface area contributed by atoms with Crippen LogP contribution in [0.25, 0.3) is 60.6 Å². The second-order valence-corrected chi connectivity index (χ2v) is 10.3. The van der Waals surface area contributed by atoms with Gasteiger partial charge in [-0.1, -0.05) is 121 Å². The number of hydrogen-bond donors (Lipinski definition) is 1. The van der Waals surface area contributed by atoms with E-state index in [2.05, 4.69) is 134 Å². The summed E-state index contributed by atoms with van der Waals surface area (Å²) in [5.74, 6) is 0. The number of nitrogens with two attached hydrogens (primary N) is 1. The lowest BCUT2D eigenvalue weighted by atomic mass is 9.93. The van der Waals surface area contributed by atoms with E-state index in [1.807, 2.05) is 0 Å². The van der Waals surface area contributed by atoms with Crippen LogP contribution in [0.4, 0.5) is 5.69 Å². The maximum Gasteiger partial charge on any atom is 0.0944 e. The SMILES string of the molecule is Cc1cccc(C/C=C\c2ccc3ccc(-c4ccc5c6ccccc6c6ccccc6c5c4)nc3c2N)c1. The minimum absolute atomic E-state index is 0.715. The van der Waals surface area contributed by atoms with Crippen molar-refractivity contribution in [3.05, 3.63) is 138 Å². The Morgan fingerprint density at radius 1 is 0.641 bits per heavy atom. The van der Waals surface area contributed by atoms with E-state index in [0.717, 1.165) is 34.1 Å². The molecule has 0 spiro atoms. The molecule has 0 saturated heterocycles. The molecule has 6 aromatic carbocycles. The molecule has 7 aromatic rings. The van der Waals surface area contributed by atoms with Crippen molar-refractivity contribution in [3.8, 4) is 11.3 Å². The zero-order valence-corrected chi connectivity index (χ0v) is 21.9. The van der Waals surface area contributed by atoms with Crippen LogP contribution >= 0.6 is 0 Å². The molecule has 186 valence electrons. The minimum Gasteiger partial charge on any atom is -0.396 e. The van der Waals surface area contributed by atoms with Gasteiger partial charge in [-0.2, -0.15) is 0 Å². The van der Waals surface area contributed by atoms with E-state index in [1.54, 1.807) is 0 Å². The Labute approximate surface area is 228 Å². The van der Waals surface area contributed by atoms with Gasteiger partial charge in [0.25, 0.3) is 0 Å². The summed E-state index contributed by atoms with van der Waals surface area (Å²) in [4.78, 5) is 5.07. The van der Waals surface area contributed by atoms with Crippen LogP contribution in [0.3, 0.4) is 0 Å². The molecular weight excluding hydrogens is 472 g/mol. The molecule has 0 aliphatic heterocycles. The minimum atomic E-state index is 0.715. The van der Waals surface area contributed by atoms with Gasteiger partial charge in [-0.25, -0.2) is 4.98 Å². The van der Waals surface area contributed by atoms with Crippen LogP contribution in [0, 0.1) is 6.92 Å². The normalized spacial score (nSPS) is 11.8. The lowest BCUT2D eigenvalue weighted by Crippen LogP contribution is -1.95. The summed E-state index contributed by atoms with van der Waals surface area (Å²) in [5.41, 5.74) is 13.8. The van der Waals surface area contributed by atoms with Crippen LogP contribution in [0.2, 0.25) is 0 Å². The average molecular weight is 501 g/mol. The molecule has 39 heavy (non-hydrogen) atoms. The Morgan fingerprint density at radius 3 is 2.03 bits per heavy atom. The van der Waals surface area contributed by atoms with E-state index < -0.39 is 0 Å². The van der Waals surface area contributed by atoms with E-state index in [9.17, 15) is 0 Å². The first-order valence-electron chi connectivity index (χ1n) is 13.4. The Hall–Kier alpha value is -4.95. The average Bonchev–Trinajstić information content (AvgIpc) is 2.98. The van der Waals surface area contributed by atoms with Crippen molar-refractivity contribution >= 4 is 55.0 Å². The largest absolute Gasteiger partial charge is 0.396 e. The Morgan fingerprint density at radius 2 is 1.31 bits per heavy atom. The maximum atomic E-state index is 6.68. The first kappa shape index (κ1) is 23.2. The van der Waals surface area contributed by atoms with Crippen LogP contribution in [0.1, 0.15) is 16.7 Å². The van der Waals surface area contributed by atoms with Crippen molar-refractivity contribution in [1.29, 1.82) is 0 Å². The number of nitrogens with zero attached hydrogens (tertiary/aromatic N) is 1. The van der Waals surface area contributed by atoms with Crippen molar-refractivity contribution in [2.24, 2.45) is 0 Å². The topological polar surface area (TPSA) is 38.9 Å². The van der Waals surface area contributed by atoms with Gasteiger partial charge in [0.2, 0.25) is 0 Å². The zero-order chi connectivity index (χ0) is 26.3. The van der Waals surface area contributed by atoms with Gasteiger partial charge in [0.05, 0.1) is 16.9 Å². The number of rotatable bonds is 4. The number of hydrogen-bond acceptors (Lipinski definition) is 2. The number of fused-ring (bicyclic) bond motifs is 7. The van der Waals surface area contributed by atoms with E-state index >= 15 is 0 Å². The number of aryl methyl sites for hydroxylation is 1. The quantitative estimate of drug-likeness (QED) is 0.193. The Bertz CT molecular complexity index is 2030. The highest BCUT2D eigenvalue weighted by molar-refractivity contribution is 6.25. The second-order valence-electron chi connectivity index (χ2n) is 10.3. The summed E-state index contributed by atoms with van der Waals surface area (Å²) in [6, 6.07) is 41.0. The van der Waals surface area contributed by atoms with Crippen molar-refractivity contribution in [1.82, 2.24) is 4.98 Å². The molecule has 7 rings (SSSR count). The van der Waals surface area contributed by atoms with Gasteiger partial charge in [0.15, 0.2) is 0 Å². The van der Waals surface area contributed by atoms with E-state index in [1.165, 1.54) is 43.4 Å². The molecule has 0 bridgehead atoms. The third-order valence-electron chi connectivity index (χ3n) is 7.71. The fourth-order valence-corrected chi connectivity index (χ4v) is 5.76. The molecule has 0 fully saturated rings. The maximum absolute atomic E-state index is 6.68. The molecule has 0 radical (unpaired) electrons. The van der Waals surface area contributed by atoms with Crippen LogP contribution in [-0.4, -0.2) is 4.98 Å². The monoisotopic (exact) mass is 500 g/mol. The number of allylic oxidation sites excluding steroid dienone is 1. The molecule has 2 heteroatoms. The van der Waals surface area contributed by atoms with Gasteiger partial charge in [0.1, 0.15) is 0 Å². The summed E-state index contributed by atoms with van der Waals surface area (Å²) < 4.78 is 0. The van der Waals surface area contributed by atoms with Gasteiger partial charge in [-0.15, -0.1) is 0 Å². The van der Waals surface area contributed by atoms with Crippen LogP contribution in [0.5, 0.6) is 0 Å². The number of benzene rings is 6. The van der Waals surface area contributed by atoms with Crippen molar-refractivity contribution in [3.63, 3.8) is 0 Å². The smallest absolute Gasteiger partial charge is 0.0944 e. The van der Waals surface area contributed by atoms with Gasteiger partial charge >= 0.3 is 0 Å². The summed E-state index contributed by atoms with van der Waals surface area (Å²) in [7, 11) is 0. The Balaban J connectivity index is 1.32. The van der Waals surface area contributed by atoms with Gasteiger partial charge < -0.3 is 5.73 Å². The van der Waals surface area contributed by atoms with Crippen molar-refractivity contribution < 1.29 is 0 Å². The first-order chi connectivity index (χ1) is 19.2. The molecule has 0 amide bonds. The van der Waals surface area contributed by atoms with Crippen LogP contribution < -0.4 is 5.73 Å². The highest BCUT2D eigenvalue weighted by Gasteiger charge is 2.11. The number of aromatic nitrogens is 1. The number of anilines is 1. The van der Waals surface area contributed by atoms with E-state index in [4.69, 9.17) is 10.7 Å². The number of pyridine rings is 1. The molecule has 0 unspecified atom stereocenters. The fourth-order valence-electron chi connectivity index (χ4n) is 5.76.